The Balaban J connectivity index is 0.000000391. The maximum atomic E-state index is 5.60. The number of thiol groups is 1. The van der Waals surface area contributed by atoms with E-state index in [0.717, 1.165) is 26.4 Å². The van der Waals surface area contributed by atoms with Crippen LogP contribution >= 0.6 is 22.5 Å². The molecule has 0 spiro atoms. The lowest BCUT2D eigenvalue weighted by atomic mass is 9.83. The summed E-state index contributed by atoms with van der Waals surface area (Å²) in [6.07, 6.45) is 0. The van der Waals surface area contributed by atoms with Gasteiger partial charge in [-0.25, -0.2) is 0 Å². The summed E-state index contributed by atoms with van der Waals surface area (Å²) < 4.78 is 22.4. The summed E-state index contributed by atoms with van der Waals surface area (Å²) in [6.45, 7) is 29.2. The molecule has 2 aromatic rings. The summed E-state index contributed by atoms with van der Waals surface area (Å²) in [4.78, 5) is 1.17. The van der Waals surface area contributed by atoms with Crippen LogP contribution in [0.3, 0.4) is 0 Å². The monoisotopic (exact) mass is 578 g/mol. The fraction of sp³-hybridized carbons (Fsp3) is 0.636. The first-order chi connectivity index (χ1) is 18.3. The lowest BCUT2D eigenvalue weighted by molar-refractivity contribution is 0.126. The Labute approximate surface area is 248 Å². The van der Waals surface area contributed by atoms with Gasteiger partial charge >= 0.3 is 0 Å². The molecule has 0 aliphatic heterocycles. The third kappa shape index (κ3) is 12.2. The van der Waals surface area contributed by atoms with Crippen LogP contribution in [-0.2, 0) is 56.2 Å². The zero-order chi connectivity index (χ0) is 29.6. The van der Waals surface area contributed by atoms with Crippen molar-refractivity contribution in [3.63, 3.8) is 0 Å². The van der Waals surface area contributed by atoms with Crippen LogP contribution < -0.4 is 0 Å². The molecule has 4 nitrogen and oxygen atoms in total. The third-order valence-corrected chi connectivity index (χ3v) is 7.79. The van der Waals surface area contributed by atoms with Crippen molar-refractivity contribution in [3.05, 3.63) is 63.2 Å². The molecule has 0 unspecified atom stereocenters. The molecule has 0 aliphatic rings. The van der Waals surface area contributed by atoms with Crippen molar-refractivity contribution in [2.24, 2.45) is 0 Å². The van der Waals surface area contributed by atoms with Crippen molar-refractivity contribution in [3.8, 4) is 0 Å². The molecule has 0 heterocycles. The second-order valence-corrected chi connectivity index (χ2v) is 12.8. The molecule has 39 heavy (non-hydrogen) atoms. The first-order valence-corrected chi connectivity index (χ1v) is 16.1. The summed E-state index contributed by atoms with van der Waals surface area (Å²) in [5, 5.41) is 0. The van der Waals surface area contributed by atoms with E-state index in [1.54, 1.807) is 0 Å². The fourth-order valence-electron chi connectivity index (χ4n) is 3.94. The molecule has 0 aromatic heterocycles. The lowest BCUT2D eigenvalue weighted by Gasteiger charge is -2.23. The molecule has 0 atom stereocenters. The SMILES string of the molecule is CCOCc1cc(C(C)(C)C)cc(COCC)c1C.CCOCc1cc(C(C)(C)C)cc(COCC)c1SS. The van der Waals surface area contributed by atoms with Crippen molar-refractivity contribution in [1.29, 1.82) is 0 Å². The predicted molar refractivity (Wildman–Crippen MR) is 171 cm³/mol. The molecule has 0 bridgehead atoms. The average molecular weight is 579 g/mol. The van der Waals surface area contributed by atoms with Gasteiger partial charge in [-0.3, -0.25) is 0 Å². The Bertz CT molecular complexity index is 932. The highest BCUT2D eigenvalue weighted by atomic mass is 33.1. The number of benzene rings is 2. The molecule has 0 radical (unpaired) electrons. The van der Waals surface area contributed by atoms with Crippen molar-refractivity contribution in [2.75, 3.05) is 26.4 Å². The van der Waals surface area contributed by atoms with Gasteiger partial charge in [-0.15, -0.1) is 11.7 Å². The van der Waals surface area contributed by atoms with Gasteiger partial charge in [0, 0.05) is 31.3 Å². The van der Waals surface area contributed by atoms with Gasteiger partial charge in [0.25, 0.3) is 0 Å². The maximum Gasteiger partial charge on any atom is 0.0728 e. The highest BCUT2D eigenvalue weighted by molar-refractivity contribution is 8.68. The summed E-state index contributed by atoms with van der Waals surface area (Å²) in [5.41, 5.74) is 9.19. The van der Waals surface area contributed by atoms with E-state index in [9.17, 15) is 0 Å². The van der Waals surface area contributed by atoms with E-state index in [0.29, 0.717) is 26.4 Å². The molecule has 0 amide bonds. The van der Waals surface area contributed by atoms with E-state index < -0.39 is 0 Å². The Morgan fingerprint density at radius 3 is 1.10 bits per heavy atom. The minimum atomic E-state index is 0.113. The van der Waals surface area contributed by atoms with Gasteiger partial charge in [-0.05, 0) is 84.4 Å². The molecule has 0 aliphatic carbocycles. The standard InChI is InChI=1S/C17H28O2.C16H26O2S2/c1-7-18-11-14-9-16(17(4,5)6)10-15(13(14)3)12-19-8-2;1-6-17-10-12-8-14(16(3,4)5)9-13(11-18-7-2)15(12)20-19/h9-10H,7-8,11-12H2,1-6H3;8-9,19H,6-7,10-11H2,1-5H3. The Morgan fingerprint density at radius 2 is 0.846 bits per heavy atom. The van der Waals surface area contributed by atoms with E-state index in [-0.39, 0.29) is 10.8 Å². The Kier molecular flexibility index (Phi) is 16.4. The molecule has 6 heteroatoms. The molecule has 0 saturated heterocycles. The van der Waals surface area contributed by atoms with E-state index >= 15 is 0 Å². The average Bonchev–Trinajstić information content (AvgIpc) is 2.88. The van der Waals surface area contributed by atoms with Gasteiger partial charge in [0.15, 0.2) is 0 Å². The predicted octanol–water partition coefficient (Wildman–Crippen LogP) is 9.36. The van der Waals surface area contributed by atoms with Crippen LogP contribution in [0.25, 0.3) is 0 Å². The molecule has 222 valence electrons. The van der Waals surface area contributed by atoms with E-state index in [1.807, 2.05) is 27.7 Å². The van der Waals surface area contributed by atoms with Crippen molar-refractivity contribution in [2.45, 2.75) is 118 Å². The minimum absolute atomic E-state index is 0.113. The van der Waals surface area contributed by atoms with Gasteiger partial charge in [0.05, 0.1) is 26.4 Å². The van der Waals surface area contributed by atoms with Crippen LogP contribution in [0.4, 0.5) is 0 Å². The van der Waals surface area contributed by atoms with Crippen molar-refractivity contribution in [1.82, 2.24) is 0 Å². The van der Waals surface area contributed by atoms with Gasteiger partial charge < -0.3 is 18.9 Å². The molecular weight excluding hydrogens is 524 g/mol. The second kappa shape index (κ2) is 17.7. The molecule has 0 fully saturated rings. The third-order valence-electron chi connectivity index (χ3n) is 6.54. The van der Waals surface area contributed by atoms with Crippen LogP contribution in [0.2, 0.25) is 0 Å². The number of hydrogen-bond acceptors (Lipinski definition) is 6. The van der Waals surface area contributed by atoms with Crippen molar-refractivity contribution >= 4 is 22.5 Å². The van der Waals surface area contributed by atoms with Crippen LogP contribution in [0.1, 0.15) is 108 Å². The maximum absolute atomic E-state index is 5.60. The topological polar surface area (TPSA) is 36.9 Å². The van der Waals surface area contributed by atoms with E-state index in [1.165, 1.54) is 54.6 Å². The van der Waals surface area contributed by atoms with Crippen LogP contribution in [-0.4, -0.2) is 26.4 Å². The molecule has 2 aromatic carbocycles. The fourth-order valence-corrected chi connectivity index (χ4v) is 5.11. The van der Waals surface area contributed by atoms with Gasteiger partial charge in [0.1, 0.15) is 0 Å². The highest BCUT2D eigenvalue weighted by Crippen LogP contribution is 2.35. The van der Waals surface area contributed by atoms with Gasteiger partial charge in [-0.1, -0.05) is 76.6 Å². The number of rotatable bonds is 13. The summed E-state index contributed by atoms with van der Waals surface area (Å²) in [7, 11) is 1.48. The molecule has 0 N–H and O–H groups in total. The molecule has 0 saturated carbocycles. The van der Waals surface area contributed by atoms with Crippen LogP contribution in [0.5, 0.6) is 0 Å². The van der Waals surface area contributed by atoms with E-state index in [2.05, 4.69) is 84.4 Å². The summed E-state index contributed by atoms with van der Waals surface area (Å²) in [5.74, 6) is 0. The Morgan fingerprint density at radius 1 is 0.564 bits per heavy atom. The smallest absolute Gasteiger partial charge is 0.0728 e. The van der Waals surface area contributed by atoms with Crippen LogP contribution in [0, 0.1) is 6.92 Å². The van der Waals surface area contributed by atoms with Crippen molar-refractivity contribution < 1.29 is 18.9 Å². The zero-order valence-electron chi connectivity index (χ0n) is 26.5. The summed E-state index contributed by atoms with van der Waals surface area (Å²) >= 11 is 4.41. The summed E-state index contributed by atoms with van der Waals surface area (Å²) in [6, 6.07) is 9.04. The Hall–Kier alpha value is -1.02. The van der Waals surface area contributed by atoms with Gasteiger partial charge in [-0.2, -0.15) is 0 Å². The number of ether oxygens (including phenoxy) is 4. The van der Waals surface area contributed by atoms with Crippen LogP contribution in [0.15, 0.2) is 29.2 Å². The minimum Gasteiger partial charge on any atom is -0.377 e. The largest absolute Gasteiger partial charge is 0.377 e. The number of hydrogen-bond donors (Lipinski definition) is 1. The first-order valence-electron chi connectivity index (χ1n) is 14.2. The quantitative estimate of drug-likeness (QED) is 0.189. The second-order valence-electron chi connectivity index (χ2n) is 11.7. The molecular formula is C33H54O4S2. The lowest BCUT2D eigenvalue weighted by Crippen LogP contribution is -2.14. The van der Waals surface area contributed by atoms with E-state index in [4.69, 9.17) is 18.9 Å². The molecule has 2 rings (SSSR count). The first kappa shape index (κ1) is 36.0. The highest BCUT2D eigenvalue weighted by Gasteiger charge is 2.19. The zero-order valence-corrected chi connectivity index (χ0v) is 28.2. The normalized spacial score (nSPS) is 11.9. The van der Waals surface area contributed by atoms with Gasteiger partial charge in [0.2, 0.25) is 0 Å².